The number of nitrogens with one attached hydrogen (secondary N) is 2. The number of benzene rings is 2. The third-order valence-electron chi connectivity index (χ3n) is 7.81. The van der Waals surface area contributed by atoms with E-state index in [1.54, 1.807) is 17.0 Å². The van der Waals surface area contributed by atoms with Gasteiger partial charge in [-0.1, -0.05) is 57.4 Å². The first kappa shape index (κ1) is 39.2. The largest absolute Gasteiger partial charge is 0.356 e. The quantitative estimate of drug-likeness (QED) is 0.196. The lowest BCUT2D eigenvalue weighted by Gasteiger charge is -2.24. The normalized spacial score (nSPS) is 14.6. The van der Waals surface area contributed by atoms with Gasteiger partial charge in [-0.3, -0.25) is 14.4 Å². The van der Waals surface area contributed by atoms with Crippen LogP contribution >= 0.6 is 9.24 Å². The number of carbonyl (C=O) groups is 3. The Balaban J connectivity index is 0.000000437. The topological polar surface area (TPSA) is 105 Å². The minimum Gasteiger partial charge on any atom is -0.356 e. The van der Waals surface area contributed by atoms with Gasteiger partial charge in [0, 0.05) is 43.2 Å². The monoisotopic (exact) mass is 630 g/mol. The van der Waals surface area contributed by atoms with Gasteiger partial charge in [-0.15, -0.1) is 9.24 Å². The van der Waals surface area contributed by atoms with Gasteiger partial charge in [-0.2, -0.15) is 0 Å². The van der Waals surface area contributed by atoms with E-state index in [-0.39, 0.29) is 35.6 Å². The lowest BCUT2D eigenvalue weighted by molar-refractivity contribution is -0.125. The minimum atomic E-state index is -0.268. The molecule has 0 bridgehead atoms. The number of hydrogen-bond donors (Lipinski definition) is 3. The van der Waals surface area contributed by atoms with Crippen LogP contribution in [0.1, 0.15) is 94.1 Å². The summed E-state index contributed by atoms with van der Waals surface area (Å²) < 4.78 is 12.3. The molecule has 0 saturated heterocycles. The number of hydrogen-bond acceptors (Lipinski definition) is 4. The SMILES string of the molecule is CCCN(C=O)CCC.Cc1ccc(F)cc1P.Cc1cccc(C(=O)NC(C)C(N)CC(C)C(=O)NCC2CCCC2)c1. The molecular formula is C35H56FN4O3P. The third kappa shape index (κ3) is 15.8. The average molecular weight is 631 g/mol. The van der Waals surface area contributed by atoms with Gasteiger partial charge < -0.3 is 21.3 Å². The first-order valence-corrected chi connectivity index (χ1v) is 16.6. The van der Waals surface area contributed by atoms with Gasteiger partial charge >= 0.3 is 0 Å². The molecule has 246 valence electrons. The molecule has 9 heteroatoms. The standard InChI is InChI=1S/C21H33N3O2.C7H8FP.C7H15NO/c1-14-7-6-10-18(11-14)21(26)24-16(3)19(22)12-15(2)20(25)23-13-17-8-4-5-9-17;1-5-2-3-6(8)4-7(5)9;1-3-5-8(7-9)6-4-2/h6-7,10-11,15-17,19H,4-5,8-9,12-13,22H2,1-3H3,(H,23,25)(H,24,26);2-4H,9H2,1H3;7H,3-6H2,1-2H3. The summed E-state index contributed by atoms with van der Waals surface area (Å²) in [5, 5.41) is 6.93. The number of aryl methyl sites for hydroxylation is 2. The van der Waals surface area contributed by atoms with Crippen LogP contribution in [0.3, 0.4) is 0 Å². The molecule has 0 radical (unpaired) electrons. The summed E-state index contributed by atoms with van der Waals surface area (Å²) >= 11 is 0. The van der Waals surface area contributed by atoms with E-state index in [2.05, 4.69) is 33.7 Å². The molecule has 0 spiro atoms. The summed E-state index contributed by atoms with van der Waals surface area (Å²) in [4.78, 5) is 36.6. The van der Waals surface area contributed by atoms with E-state index >= 15 is 0 Å². The lowest BCUT2D eigenvalue weighted by Crippen LogP contribution is -2.47. The molecule has 1 aliphatic rings. The molecule has 7 nitrogen and oxygen atoms in total. The summed E-state index contributed by atoms with van der Waals surface area (Å²) in [7, 11) is 2.48. The van der Waals surface area contributed by atoms with Gasteiger partial charge in [-0.25, -0.2) is 4.39 Å². The molecule has 4 N–H and O–H groups in total. The number of amides is 3. The van der Waals surface area contributed by atoms with Crippen molar-refractivity contribution >= 4 is 32.8 Å². The molecule has 2 aromatic carbocycles. The predicted molar refractivity (Wildman–Crippen MR) is 184 cm³/mol. The summed E-state index contributed by atoms with van der Waals surface area (Å²) in [5.41, 5.74) is 9.01. The Kier molecular flexibility index (Phi) is 19.4. The first-order valence-electron chi connectivity index (χ1n) is 16.0. The molecule has 3 amide bonds. The van der Waals surface area contributed by atoms with Gasteiger partial charge in [0.15, 0.2) is 0 Å². The molecule has 0 aliphatic heterocycles. The molecule has 44 heavy (non-hydrogen) atoms. The van der Waals surface area contributed by atoms with Gasteiger partial charge in [-0.05, 0) is 93.9 Å². The number of nitrogens with zero attached hydrogens (tertiary/aromatic N) is 1. The van der Waals surface area contributed by atoms with E-state index in [4.69, 9.17) is 5.73 Å². The molecular weight excluding hydrogens is 574 g/mol. The second-order valence-electron chi connectivity index (χ2n) is 12.0. The van der Waals surface area contributed by atoms with Gasteiger partial charge in [0.2, 0.25) is 12.3 Å². The van der Waals surface area contributed by atoms with E-state index in [1.807, 2.05) is 45.9 Å². The van der Waals surface area contributed by atoms with Gasteiger partial charge in [0.25, 0.3) is 5.91 Å². The Morgan fingerprint density at radius 1 is 1.07 bits per heavy atom. The van der Waals surface area contributed by atoms with E-state index in [0.717, 1.165) is 55.3 Å². The van der Waals surface area contributed by atoms with Crippen molar-refractivity contribution in [2.45, 2.75) is 98.6 Å². The highest BCUT2D eigenvalue weighted by molar-refractivity contribution is 7.27. The van der Waals surface area contributed by atoms with Crippen LogP contribution < -0.4 is 21.7 Å². The highest BCUT2D eigenvalue weighted by atomic mass is 31.0. The fourth-order valence-electron chi connectivity index (χ4n) is 4.94. The van der Waals surface area contributed by atoms with Crippen LogP contribution in [-0.4, -0.2) is 54.8 Å². The molecule has 3 rings (SSSR count). The van der Waals surface area contributed by atoms with Crippen LogP contribution in [0.25, 0.3) is 0 Å². The fourth-order valence-corrected chi connectivity index (χ4v) is 5.19. The molecule has 1 aliphatic carbocycles. The molecule has 2 aromatic rings. The summed E-state index contributed by atoms with van der Waals surface area (Å²) in [5.74, 6) is 0.224. The number of carbonyl (C=O) groups excluding carboxylic acids is 3. The molecule has 0 aromatic heterocycles. The molecule has 4 unspecified atom stereocenters. The Bertz CT molecular complexity index is 1140. The van der Waals surface area contributed by atoms with Crippen LogP contribution in [0.15, 0.2) is 42.5 Å². The summed E-state index contributed by atoms with van der Waals surface area (Å²) in [6.07, 6.45) is 8.57. The van der Waals surface area contributed by atoms with Crippen molar-refractivity contribution in [3.63, 3.8) is 0 Å². The fraction of sp³-hybridized carbons (Fsp3) is 0.571. The smallest absolute Gasteiger partial charge is 0.251 e. The molecule has 1 saturated carbocycles. The number of nitrogens with two attached hydrogens (primary N) is 1. The zero-order valence-electron chi connectivity index (χ0n) is 27.7. The van der Waals surface area contributed by atoms with Crippen LogP contribution in [-0.2, 0) is 9.59 Å². The zero-order valence-corrected chi connectivity index (χ0v) is 28.9. The Hall–Kier alpha value is -2.83. The summed E-state index contributed by atoms with van der Waals surface area (Å²) in [6, 6.07) is 11.7. The van der Waals surface area contributed by atoms with Crippen molar-refractivity contribution in [1.29, 1.82) is 0 Å². The van der Waals surface area contributed by atoms with Crippen molar-refractivity contribution in [2.24, 2.45) is 17.6 Å². The molecule has 4 atom stereocenters. The van der Waals surface area contributed by atoms with Gasteiger partial charge in [0.05, 0.1) is 0 Å². The van der Waals surface area contributed by atoms with Crippen molar-refractivity contribution in [3.8, 4) is 0 Å². The second kappa shape index (κ2) is 21.8. The van der Waals surface area contributed by atoms with E-state index in [9.17, 15) is 18.8 Å². The van der Waals surface area contributed by atoms with E-state index in [1.165, 1.54) is 37.8 Å². The first-order chi connectivity index (χ1) is 20.9. The third-order valence-corrected chi connectivity index (χ3v) is 8.43. The van der Waals surface area contributed by atoms with Crippen molar-refractivity contribution in [1.82, 2.24) is 15.5 Å². The van der Waals surface area contributed by atoms with Crippen molar-refractivity contribution < 1.29 is 18.8 Å². The number of halogens is 1. The highest BCUT2D eigenvalue weighted by Gasteiger charge is 2.23. The Morgan fingerprint density at radius 3 is 2.23 bits per heavy atom. The van der Waals surface area contributed by atoms with Crippen LogP contribution in [0.5, 0.6) is 0 Å². The predicted octanol–water partition coefficient (Wildman–Crippen LogP) is 5.67. The maximum Gasteiger partial charge on any atom is 0.251 e. The minimum absolute atomic E-state index is 0.0598. The maximum absolute atomic E-state index is 12.3. The van der Waals surface area contributed by atoms with Crippen LogP contribution in [0.2, 0.25) is 0 Å². The van der Waals surface area contributed by atoms with Crippen molar-refractivity contribution in [3.05, 3.63) is 65.0 Å². The highest BCUT2D eigenvalue weighted by Crippen LogP contribution is 2.23. The van der Waals surface area contributed by atoms with Crippen LogP contribution in [0, 0.1) is 31.5 Å². The molecule has 0 heterocycles. The summed E-state index contributed by atoms with van der Waals surface area (Å²) in [6.45, 7) is 14.4. The maximum atomic E-state index is 12.3. The Morgan fingerprint density at radius 2 is 1.70 bits per heavy atom. The number of rotatable bonds is 13. The van der Waals surface area contributed by atoms with E-state index in [0.29, 0.717) is 17.9 Å². The zero-order chi connectivity index (χ0) is 33.1. The van der Waals surface area contributed by atoms with E-state index < -0.39 is 0 Å². The second-order valence-corrected chi connectivity index (χ2v) is 12.6. The average Bonchev–Trinajstić information content (AvgIpc) is 3.52. The van der Waals surface area contributed by atoms with Crippen molar-refractivity contribution in [2.75, 3.05) is 19.6 Å². The van der Waals surface area contributed by atoms with Gasteiger partial charge in [0.1, 0.15) is 5.82 Å². The lowest BCUT2D eigenvalue weighted by atomic mass is 9.96. The molecule has 1 fully saturated rings. The Labute approximate surface area is 267 Å². The van der Waals surface area contributed by atoms with Crippen LogP contribution in [0.4, 0.5) is 4.39 Å².